The van der Waals surface area contributed by atoms with Gasteiger partial charge in [-0.2, -0.15) is 0 Å². The van der Waals surface area contributed by atoms with Crippen molar-refractivity contribution >= 4 is 5.97 Å². The number of methoxy groups -OCH3 is 2. The lowest BCUT2D eigenvalue weighted by atomic mass is 9.96. The number of aromatic nitrogens is 1. The van der Waals surface area contributed by atoms with Gasteiger partial charge < -0.3 is 9.47 Å². The van der Waals surface area contributed by atoms with Gasteiger partial charge in [-0.3, -0.25) is 4.90 Å². The van der Waals surface area contributed by atoms with Crippen LogP contribution in [0.25, 0.3) is 11.1 Å². The zero-order valence-electron chi connectivity index (χ0n) is 16.7. The summed E-state index contributed by atoms with van der Waals surface area (Å²) in [6.45, 7) is 9.01. The van der Waals surface area contributed by atoms with Gasteiger partial charge in [-0.15, -0.1) is 0 Å². The summed E-state index contributed by atoms with van der Waals surface area (Å²) in [4.78, 5) is 18.2. The fourth-order valence-corrected chi connectivity index (χ4v) is 3.13. The van der Waals surface area contributed by atoms with Crippen LogP contribution in [0.2, 0.25) is 0 Å². The Balaban J connectivity index is 2.61. The molecule has 0 aliphatic rings. The van der Waals surface area contributed by atoms with E-state index < -0.39 is 11.8 Å². The number of hydrogen-bond acceptors (Lipinski definition) is 5. The van der Waals surface area contributed by atoms with E-state index in [0.29, 0.717) is 29.1 Å². The SMILES string of the molecule is COC(=O)c1ccc(-c2cc(OC)ncc2F)c(CN(C(C)C)C(C)C)c1. The molecule has 1 aromatic heterocycles. The molecule has 6 heteroatoms. The standard InChI is InChI=1S/C21H27FN2O3/c1-13(2)24(14(3)4)12-16-9-15(21(25)27-6)7-8-17(16)18-10-20(26-5)23-11-19(18)22/h7-11,13-14H,12H2,1-6H3. The highest BCUT2D eigenvalue weighted by atomic mass is 19.1. The lowest BCUT2D eigenvalue weighted by Crippen LogP contribution is -2.36. The first kappa shape index (κ1) is 20.8. The van der Waals surface area contributed by atoms with Gasteiger partial charge in [-0.1, -0.05) is 6.07 Å². The molecule has 0 aliphatic carbocycles. The van der Waals surface area contributed by atoms with Crippen molar-refractivity contribution in [2.45, 2.75) is 46.3 Å². The number of nitrogens with zero attached hydrogens (tertiary/aromatic N) is 2. The minimum Gasteiger partial charge on any atom is -0.481 e. The maximum absolute atomic E-state index is 14.5. The lowest BCUT2D eigenvalue weighted by Gasteiger charge is -2.31. The fraction of sp³-hybridized carbons (Fsp3) is 0.429. The summed E-state index contributed by atoms with van der Waals surface area (Å²) in [5, 5.41) is 0. The predicted molar refractivity (Wildman–Crippen MR) is 103 cm³/mol. The smallest absolute Gasteiger partial charge is 0.337 e. The third-order valence-electron chi connectivity index (χ3n) is 4.54. The molecule has 1 aromatic carbocycles. The molecule has 0 aliphatic heterocycles. The van der Waals surface area contributed by atoms with Gasteiger partial charge in [0.2, 0.25) is 5.88 Å². The van der Waals surface area contributed by atoms with Gasteiger partial charge in [0.15, 0.2) is 0 Å². The molecular formula is C21H27FN2O3. The molecule has 0 unspecified atom stereocenters. The van der Waals surface area contributed by atoms with Crippen LogP contribution in [0.4, 0.5) is 4.39 Å². The van der Waals surface area contributed by atoms with Gasteiger partial charge >= 0.3 is 5.97 Å². The maximum Gasteiger partial charge on any atom is 0.337 e. The van der Waals surface area contributed by atoms with Crippen molar-refractivity contribution in [3.8, 4) is 17.0 Å². The van der Waals surface area contributed by atoms with Crippen molar-refractivity contribution < 1.29 is 18.7 Å². The lowest BCUT2D eigenvalue weighted by molar-refractivity contribution is 0.0600. The molecular weight excluding hydrogens is 347 g/mol. The normalized spacial score (nSPS) is 11.3. The number of carbonyl (C=O) groups is 1. The number of ether oxygens (including phenoxy) is 2. The summed E-state index contributed by atoms with van der Waals surface area (Å²) < 4.78 is 24.5. The molecule has 1 heterocycles. The van der Waals surface area contributed by atoms with Crippen LogP contribution < -0.4 is 4.74 Å². The quantitative estimate of drug-likeness (QED) is 0.676. The molecule has 0 amide bonds. The molecule has 0 atom stereocenters. The molecule has 0 saturated carbocycles. The Morgan fingerprint density at radius 1 is 1.11 bits per heavy atom. The van der Waals surface area contributed by atoms with Gasteiger partial charge in [-0.25, -0.2) is 14.2 Å². The highest BCUT2D eigenvalue weighted by Crippen LogP contribution is 2.31. The summed E-state index contributed by atoms with van der Waals surface area (Å²) in [6, 6.07) is 7.31. The third-order valence-corrected chi connectivity index (χ3v) is 4.54. The number of rotatable bonds is 7. The molecule has 27 heavy (non-hydrogen) atoms. The summed E-state index contributed by atoms with van der Waals surface area (Å²) in [7, 11) is 2.84. The Bertz CT molecular complexity index is 798. The molecule has 0 fully saturated rings. The van der Waals surface area contributed by atoms with Crippen LogP contribution in [0.1, 0.15) is 43.6 Å². The number of hydrogen-bond donors (Lipinski definition) is 0. The predicted octanol–water partition coefficient (Wildman–Crippen LogP) is 4.30. The van der Waals surface area contributed by atoms with E-state index in [4.69, 9.17) is 9.47 Å². The van der Waals surface area contributed by atoms with Crippen molar-refractivity contribution in [1.29, 1.82) is 0 Å². The molecule has 0 spiro atoms. The van der Waals surface area contributed by atoms with E-state index in [1.165, 1.54) is 14.2 Å². The molecule has 2 rings (SSSR count). The molecule has 2 aromatic rings. The Morgan fingerprint density at radius 2 is 1.78 bits per heavy atom. The summed E-state index contributed by atoms with van der Waals surface area (Å²) in [6.07, 6.45) is 1.15. The second-order valence-electron chi connectivity index (χ2n) is 6.93. The Labute approximate surface area is 160 Å². The summed E-state index contributed by atoms with van der Waals surface area (Å²) in [5.41, 5.74) is 2.37. The van der Waals surface area contributed by atoms with E-state index in [1.54, 1.807) is 24.3 Å². The van der Waals surface area contributed by atoms with Crippen LogP contribution in [-0.2, 0) is 11.3 Å². The van der Waals surface area contributed by atoms with E-state index in [9.17, 15) is 9.18 Å². The maximum atomic E-state index is 14.5. The molecule has 0 radical (unpaired) electrons. The monoisotopic (exact) mass is 374 g/mol. The van der Waals surface area contributed by atoms with Gasteiger partial charge in [0.25, 0.3) is 0 Å². The van der Waals surface area contributed by atoms with E-state index >= 15 is 0 Å². The molecule has 0 bridgehead atoms. The van der Waals surface area contributed by atoms with E-state index in [0.717, 1.165) is 11.8 Å². The van der Waals surface area contributed by atoms with Crippen molar-refractivity contribution in [2.75, 3.05) is 14.2 Å². The second-order valence-corrected chi connectivity index (χ2v) is 6.93. The zero-order chi connectivity index (χ0) is 20.1. The van der Waals surface area contributed by atoms with Crippen LogP contribution in [0, 0.1) is 5.82 Å². The average Bonchev–Trinajstić information content (AvgIpc) is 2.65. The Kier molecular flexibility index (Phi) is 6.91. The zero-order valence-corrected chi connectivity index (χ0v) is 16.7. The van der Waals surface area contributed by atoms with E-state index in [2.05, 4.69) is 37.6 Å². The highest BCUT2D eigenvalue weighted by molar-refractivity contribution is 5.90. The van der Waals surface area contributed by atoms with Crippen molar-refractivity contribution in [1.82, 2.24) is 9.88 Å². The largest absolute Gasteiger partial charge is 0.481 e. The number of halogens is 1. The first-order valence-corrected chi connectivity index (χ1v) is 8.95. The van der Waals surface area contributed by atoms with Crippen LogP contribution in [-0.4, -0.2) is 42.2 Å². The summed E-state index contributed by atoms with van der Waals surface area (Å²) >= 11 is 0. The minimum atomic E-state index is -0.441. The van der Waals surface area contributed by atoms with Gasteiger partial charge in [0, 0.05) is 30.3 Å². The third kappa shape index (κ3) is 4.83. The van der Waals surface area contributed by atoms with Crippen molar-refractivity contribution in [2.24, 2.45) is 0 Å². The van der Waals surface area contributed by atoms with Crippen molar-refractivity contribution in [3.63, 3.8) is 0 Å². The van der Waals surface area contributed by atoms with Gasteiger partial charge in [0.1, 0.15) is 5.82 Å². The minimum absolute atomic E-state index is 0.288. The first-order chi connectivity index (χ1) is 12.8. The van der Waals surface area contributed by atoms with Crippen molar-refractivity contribution in [3.05, 3.63) is 47.4 Å². The van der Waals surface area contributed by atoms with Gasteiger partial charge in [-0.05, 0) is 51.0 Å². The topological polar surface area (TPSA) is 51.7 Å². The second kappa shape index (κ2) is 8.95. The number of esters is 1. The van der Waals surface area contributed by atoms with Crippen LogP contribution in [0.3, 0.4) is 0 Å². The average molecular weight is 374 g/mol. The molecule has 146 valence electrons. The van der Waals surface area contributed by atoms with Crippen LogP contribution in [0.15, 0.2) is 30.5 Å². The number of benzene rings is 1. The Morgan fingerprint density at radius 3 is 2.33 bits per heavy atom. The Hall–Kier alpha value is -2.47. The summed E-state index contributed by atoms with van der Waals surface area (Å²) in [5.74, 6) is -0.529. The van der Waals surface area contributed by atoms with E-state index in [-0.39, 0.29) is 12.1 Å². The van der Waals surface area contributed by atoms with E-state index in [1.807, 2.05) is 0 Å². The number of pyridine rings is 1. The fourth-order valence-electron chi connectivity index (χ4n) is 3.13. The molecule has 0 saturated heterocycles. The van der Waals surface area contributed by atoms with Gasteiger partial charge in [0.05, 0.1) is 26.0 Å². The first-order valence-electron chi connectivity index (χ1n) is 8.95. The van der Waals surface area contributed by atoms with Crippen LogP contribution in [0.5, 0.6) is 5.88 Å². The molecule has 5 nitrogen and oxygen atoms in total. The molecule has 0 N–H and O–H groups in total. The van der Waals surface area contributed by atoms with Crippen LogP contribution >= 0.6 is 0 Å². The highest BCUT2D eigenvalue weighted by Gasteiger charge is 2.20. The number of carbonyl (C=O) groups excluding carboxylic acids is 1.